The van der Waals surface area contributed by atoms with Gasteiger partial charge in [-0.2, -0.15) is 8.42 Å². The van der Waals surface area contributed by atoms with Gasteiger partial charge >= 0.3 is 10.4 Å². The number of hydrogen-bond donors (Lipinski definition) is 2. The Morgan fingerprint density at radius 1 is 1.00 bits per heavy atom. The Morgan fingerprint density at radius 3 is 2.43 bits per heavy atom. The lowest BCUT2D eigenvalue weighted by molar-refractivity contribution is -0.114. The number of β-amino-alcohol motifs (C(OH)–C–C–N with tert-alkyl or cyclic N) is 1. The molecule has 2 aliphatic heterocycles. The molecule has 2 N–H and O–H groups in total. The Balaban J connectivity index is 1.61. The molecule has 184 valence electrons. The van der Waals surface area contributed by atoms with Crippen LogP contribution in [0.5, 0.6) is 5.75 Å². The molecule has 2 aromatic rings. The van der Waals surface area contributed by atoms with Gasteiger partial charge in [0.15, 0.2) is 10.9 Å². The highest BCUT2D eigenvalue weighted by Crippen LogP contribution is 2.39. The average molecular weight is 518 g/mol. The lowest BCUT2D eigenvalue weighted by Crippen LogP contribution is -2.33. The number of carbonyl (C=O) groups excluding carboxylic acids is 1. The number of allylic oxidation sites excluding steroid dienone is 2. The molecule has 0 atom stereocenters. The molecule has 0 saturated carbocycles. The molecule has 0 spiro atoms. The highest BCUT2D eigenvalue weighted by Gasteiger charge is 2.38. The van der Waals surface area contributed by atoms with Crippen LogP contribution in [0.4, 0.5) is 11.4 Å². The van der Waals surface area contributed by atoms with Crippen molar-refractivity contribution < 1.29 is 31.8 Å². The Bertz CT molecular complexity index is 1280. The third kappa shape index (κ3) is 5.52. The van der Waals surface area contributed by atoms with Gasteiger partial charge in [0.05, 0.1) is 24.6 Å². The van der Waals surface area contributed by atoms with E-state index >= 15 is 0 Å². The van der Waals surface area contributed by atoms with Crippen molar-refractivity contribution in [3.05, 3.63) is 78.3 Å². The van der Waals surface area contributed by atoms with Crippen molar-refractivity contribution in [2.45, 2.75) is 6.42 Å². The monoisotopic (exact) mass is 517 g/mol. The predicted molar refractivity (Wildman–Crippen MR) is 133 cm³/mol. The van der Waals surface area contributed by atoms with Crippen molar-refractivity contribution in [3.8, 4) is 5.75 Å². The smallest absolute Gasteiger partial charge is 0.397 e. The fourth-order valence-electron chi connectivity index (χ4n) is 3.77. The van der Waals surface area contributed by atoms with Crippen LogP contribution in [0.3, 0.4) is 0 Å². The maximum atomic E-state index is 13.3. The van der Waals surface area contributed by atoms with E-state index in [0.717, 1.165) is 5.69 Å². The Kier molecular flexibility index (Phi) is 7.48. The number of nitrogens with zero attached hydrogens (tertiary/aromatic N) is 3. The van der Waals surface area contributed by atoms with Crippen LogP contribution in [0.15, 0.2) is 78.3 Å². The molecule has 1 fully saturated rings. The molecule has 0 bridgehead atoms. The summed E-state index contributed by atoms with van der Waals surface area (Å²) in [5.41, 5.74) is 1.65. The van der Waals surface area contributed by atoms with Crippen molar-refractivity contribution in [1.29, 1.82) is 0 Å². The second kappa shape index (κ2) is 10.5. The number of anilines is 2. The van der Waals surface area contributed by atoms with Gasteiger partial charge in [0.2, 0.25) is 5.88 Å². The first-order valence-corrected chi connectivity index (χ1v) is 12.5. The van der Waals surface area contributed by atoms with E-state index in [9.17, 15) is 18.3 Å². The number of amides is 1. The van der Waals surface area contributed by atoms with Gasteiger partial charge in [0, 0.05) is 19.2 Å². The van der Waals surface area contributed by atoms with Crippen molar-refractivity contribution in [1.82, 2.24) is 4.90 Å². The van der Waals surface area contributed by atoms with Crippen molar-refractivity contribution in [3.63, 3.8) is 0 Å². The van der Waals surface area contributed by atoms with E-state index in [2.05, 4.69) is 4.18 Å². The van der Waals surface area contributed by atoms with Crippen LogP contribution >= 0.6 is 12.2 Å². The summed E-state index contributed by atoms with van der Waals surface area (Å²) in [5, 5.41) is 9.80. The summed E-state index contributed by atoms with van der Waals surface area (Å²) >= 11 is 5.53. The quantitative estimate of drug-likeness (QED) is 0.222. The molecular weight excluding hydrogens is 494 g/mol. The molecule has 0 radical (unpaired) electrons. The van der Waals surface area contributed by atoms with Gasteiger partial charge in [0.25, 0.3) is 5.91 Å². The number of aliphatic hydroxyl groups is 1. The van der Waals surface area contributed by atoms with Crippen LogP contribution in [0, 0.1) is 0 Å². The molecule has 0 aliphatic carbocycles. The number of benzene rings is 2. The molecule has 4 rings (SSSR count). The maximum Gasteiger partial charge on any atom is 0.397 e. The van der Waals surface area contributed by atoms with Gasteiger partial charge in [-0.25, -0.2) is 4.18 Å². The highest BCUT2D eigenvalue weighted by atomic mass is 32.3. The predicted octanol–water partition coefficient (Wildman–Crippen LogP) is 2.45. The Hall–Kier alpha value is -3.29. The summed E-state index contributed by atoms with van der Waals surface area (Å²) in [5.74, 6) is 0.667. The fourth-order valence-corrected chi connectivity index (χ4v) is 4.47. The third-order valence-electron chi connectivity index (χ3n) is 5.25. The number of aliphatic hydroxyl groups excluding tert-OH is 1. The summed E-state index contributed by atoms with van der Waals surface area (Å²) in [4.78, 5) is 18.1. The van der Waals surface area contributed by atoms with Crippen LogP contribution in [0.1, 0.15) is 6.42 Å². The van der Waals surface area contributed by atoms with Gasteiger partial charge in [-0.15, -0.1) is 0 Å². The number of para-hydroxylation sites is 3. The molecule has 2 aliphatic rings. The number of thiocarbonyl (C=S) groups is 1. The molecular formula is C23H23N3O7S2. The lowest BCUT2D eigenvalue weighted by atomic mass is 10.2. The van der Waals surface area contributed by atoms with Crippen LogP contribution in [0.25, 0.3) is 0 Å². The zero-order valence-electron chi connectivity index (χ0n) is 18.5. The maximum absolute atomic E-state index is 13.3. The van der Waals surface area contributed by atoms with Crippen LogP contribution in [-0.4, -0.2) is 60.3 Å². The first kappa shape index (κ1) is 24.8. The minimum Gasteiger partial charge on any atom is -0.439 e. The zero-order chi connectivity index (χ0) is 25.0. The van der Waals surface area contributed by atoms with Crippen LogP contribution < -0.4 is 14.5 Å². The second-order valence-corrected chi connectivity index (χ2v) is 8.97. The largest absolute Gasteiger partial charge is 0.439 e. The topological polar surface area (TPSA) is 120 Å². The van der Waals surface area contributed by atoms with Gasteiger partial charge in [-0.1, -0.05) is 30.3 Å². The third-order valence-corrected chi connectivity index (χ3v) is 6.12. The number of carbonyl (C=O) groups is 1. The summed E-state index contributed by atoms with van der Waals surface area (Å²) in [6.07, 6.45) is 3.47. The summed E-state index contributed by atoms with van der Waals surface area (Å²) in [6.45, 7) is 0.0474. The van der Waals surface area contributed by atoms with E-state index in [1.54, 1.807) is 47.4 Å². The normalized spacial score (nSPS) is 18.1. The van der Waals surface area contributed by atoms with E-state index in [0.29, 0.717) is 23.9 Å². The molecule has 1 saturated heterocycles. The van der Waals surface area contributed by atoms with Crippen molar-refractivity contribution in [2.24, 2.45) is 0 Å². The van der Waals surface area contributed by atoms with Crippen LogP contribution in [-0.2, 0) is 19.4 Å². The number of rotatable bonds is 9. The van der Waals surface area contributed by atoms with Crippen molar-refractivity contribution >= 4 is 45.0 Å². The van der Waals surface area contributed by atoms with Gasteiger partial charge in [-0.05, 0) is 49.0 Å². The first-order valence-electron chi connectivity index (χ1n) is 10.7. The fraction of sp³-hybridized carbons (Fsp3) is 0.217. The van der Waals surface area contributed by atoms with Gasteiger partial charge < -0.3 is 19.6 Å². The van der Waals surface area contributed by atoms with E-state index in [-0.39, 0.29) is 42.9 Å². The summed E-state index contributed by atoms with van der Waals surface area (Å²) in [6, 6.07) is 16.3. The molecule has 2 aromatic carbocycles. The molecule has 10 nitrogen and oxygen atoms in total. The zero-order valence-corrected chi connectivity index (χ0v) is 20.1. The van der Waals surface area contributed by atoms with Crippen LogP contribution in [0.2, 0.25) is 0 Å². The Labute approximate surface area is 208 Å². The van der Waals surface area contributed by atoms with Crippen molar-refractivity contribution in [2.75, 3.05) is 36.1 Å². The summed E-state index contributed by atoms with van der Waals surface area (Å²) < 4.78 is 40.8. The minimum atomic E-state index is -4.52. The molecule has 12 heteroatoms. The number of hydrogen-bond acceptors (Lipinski definition) is 8. The van der Waals surface area contributed by atoms with Gasteiger partial charge in [-0.3, -0.25) is 14.2 Å². The Morgan fingerprint density at radius 2 is 1.71 bits per heavy atom. The van der Waals surface area contributed by atoms with E-state index < -0.39 is 10.4 Å². The summed E-state index contributed by atoms with van der Waals surface area (Å²) in [7, 11) is -4.52. The second-order valence-electron chi connectivity index (χ2n) is 7.52. The molecule has 0 aromatic heterocycles. The number of fused-ring (bicyclic) bond motifs is 1. The van der Waals surface area contributed by atoms with Gasteiger partial charge in [0.1, 0.15) is 5.70 Å². The van der Waals surface area contributed by atoms with E-state index in [1.165, 1.54) is 4.90 Å². The van der Waals surface area contributed by atoms with E-state index in [1.807, 2.05) is 29.2 Å². The molecule has 2 heterocycles. The first-order chi connectivity index (χ1) is 16.8. The SMILES string of the molecule is O=C1/C(=C\C=C2\Oc3ccccc3N2CCCOS(=O)(=O)O)N(CCO)C(=S)N1c1ccccc1. The van der Waals surface area contributed by atoms with E-state index in [4.69, 9.17) is 21.5 Å². The minimum absolute atomic E-state index is 0.140. The molecule has 35 heavy (non-hydrogen) atoms. The average Bonchev–Trinajstić information content (AvgIpc) is 3.29. The standard InChI is InChI=1S/C23H23N3O7S2/c27-15-14-25-19(22(28)26(23(25)34)17-7-2-1-3-8-17)11-12-21-24(13-6-16-32-35(29,30)31)18-9-4-5-10-20(18)33-21/h1-5,7-12,27H,6,13-16H2,(H,29,30,31)/b19-11+,21-12+. The molecule has 0 unspecified atom stereocenters. The number of ether oxygens (including phenoxy) is 1. The molecule has 1 amide bonds. The lowest BCUT2D eigenvalue weighted by Gasteiger charge is -2.19. The highest BCUT2D eigenvalue weighted by molar-refractivity contribution is 7.81.